The lowest BCUT2D eigenvalue weighted by atomic mass is 10.0. The lowest BCUT2D eigenvalue weighted by Crippen LogP contribution is -2.41. The number of aryl methyl sites for hydroxylation is 1. The van der Waals surface area contributed by atoms with Crippen LogP contribution in [0.5, 0.6) is 0 Å². The van der Waals surface area contributed by atoms with Gasteiger partial charge in [-0.05, 0) is 31.9 Å². The molecule has 1 amide bonds. The van der Waals surface area contributed by atoms with E-state index in [-0.39, 0.29) is 11.9 Å². The minimum absolute atomic E-state index is 0.00746. The predicted molar refractivity (Wildman–Crippen MR) is 84.1 cm³/mol. The van der Waals surface area contributed by atoms with Crippen LogP contribution in [0.2, 0.25) is 0 Å². The van der Waals surface area contributed by atoms with Gasteiger partial charge in [-0.2, -0.15) is 10.2 Å². The normalized spacial score (nSPS) is 18.5. The first-order valence-electron chi connectivity index (χ1n) is 7.82. The van der Waals surface area contributed by atoms with Crippen molar-refractivity contribution in [2.45, 2.75) is 25.8 Å². The molecule has 0 aliphatic carbocycles. The van der Waals surface area contributed by atoms with Crippen molar-refractivity contribution in [2.75, 3.05) is 13.1 Å². The molecule has 4 heterocycles. The zero-order valence-corrected chi connectivity index (χ0v) is 13.0. The smallest absolute Gasteiger partial charge is 0.259 e. The molecule has 1 fully saturated rings. The van der Waals surface area contributed by atoms with Crippen LogP contribution in [-0.4, -0.2) is 48.3 Å². The minimum atomic E-state index is 0.00746. The highest BCUT2D eigenvalue weighted by atomic mass is 16.2. The Kier molecular flexibility index (Phi) is 3.33. The first-order chi connectivity index (χ1) is 11.2. The van der Waals surface area contributed by atoms with Gasteiger partial charge in [0.15, 0.2) is 5.65 Å². The standard InChI is InChI=1S/C16H18N6O/c1-12-14(15-17-6-3-10-22(15)19-12)16(23)20-8-2-5-13(11-20)21-9-4-7-18-21/h3-4,6-7,9-10,13H,2,5,8,11H2,1H3/t13-/m0/s1. The van der Waals surface area contributed by atoms with E-state index in [0.717, 1.165) is 25.1 Å². The minimum Gasteiger partial charge on any atom is -0.336 e. The molecular weight excluding hydrogens is 292 g/mol. The van der Waals surface area contributed by atoms with Gasteiger partial charge in [0, 0.05) is 37.9 Å². The van der Waals surface area contributed by atoms with Gasteiger partial charge < -0.3 is 4.90 Å². The molecule has 7 heteroatoms. The molecule has 0 bridgehead atoms. The van der Waals surface area contributed by atoms with Crippen molar-refractivity contribution in [1.82, 2.24) is 29.3 Å². The zero-order chi connectivity index (χ0) is 15.8. The Morgan fingerprint density at radius 3 is 2.96 bits per heavy atom. The Balaban J connectivity index is 1.64. The molecule has 0 spiro atoms. The van der Waals surface area contributed by atoms with Gasteiger partial charge in [-0.25, -0.2) is 9.50 Å². The van der Waals surface area contributed by atoms with Crippen LogP contribution in [-0.2, 0) is 0 Å². The maximum absolute atomic E-state index is 13.0. The Morgan fingerprint density at radius 2 is 2.13 bits per heavy atom. The van der Waals surface area contributed by atoms with Crippen LogP contribution in [0.4, 0.5) is 0 Å². The SMILES string of the molecule is Cc1nn2cccnc2c1C(=O)N1CCC[C@H](n2cccn2)C1. The van der Waals surface area contributed by atoms with Crippen LogP contribution in [0, 0.1) is 6.92 Å². The van der Waals surface area contributed by atoms with E-state index in [1.807, 2.05) is 41.0 Å². The van der Waals surface area contributed by atoms with Gasteiger partial charge in [0.25, 0.3) is 5.91 Å². The molecule has 118 valence electrons. The van der Waals surface area contributed by atoms with Gasteiger partial charge in [-0.1, -0.05) is 0 Å². The monoisotopic (exact) mass is 310 g/mol. The van der Waals surface area contributed by atoms with Crippen LogP contribution in [0.1, 0.15) is 34.9 Å². The lowest BCUT2D eigenvalue weighted by molar-refractivity contribution is 0.0674. The summed E-state index contributed by atoms with van der Waals surface area (Å²) in [4.78, 5) is 19.2. The number of likely N-dealkylation sites (tertiary alicyclic amines) is 1. The summed E-state index contributed by atoms with van der Waals surface area (Å²) in [6.45, 7) is 3.29. The number of hydrogen-bond donors (Lipinski definition) is 0. The Morgan fingerprint density at radius 1 is 1.26 bits per heavy atom. The van der Waals surface area contributed by atoms with E-state index in [9.17, 15) is 4.79 Å². The number of nitrogens with zero attached hydrogens (tertiary/aromatic N) is 6. The third kappa shape index (κ3) is 2.38. The van der Waals surface area contributed by atoms with Crippen LogP contribution >= 0.6 is 0 Å². The second-order valence-electron chi connectivity index (χ2n) is 5.88. The molecule has 1 atom stereocenters. The fourth-order valence-electron chi connectivity index (χ4n) is 3.26. The first kappa shape index (κ1) is 13.9. The highest BCUT2D eigenvalue weighted by Gasteiger charge is 2.29. The molecular formula is C16H18N6O. The molecule has 23 heavy (non-hydrogen) atoms. The molecule has 1 saturated heterocycles. The maximum Gasteiger partial charge on any atom is 0.259 e. The number of aromatic nitrogens is 5. The van der Waals surface area contributed by atoms with Crippen molar-refractivity contribution < 1.29 is 4.79 Å². The largest absolute Gasteiger partial charge is 0.336 e. The molecule has 7 nitrogen and oxygen atoms in total. The van der Waals surface area contributed by atoms with E-state index >= 15 is 0 Å². The van der Waals surface area contributed by atoms with Crippen LogP contribution in [0.25, 0.3) is 5.65 Å². The average Bonchev–Trinajstić information content (AvgIpc) is 3.21. The Labute approximate surface area is 133 Å². The lowest BCUT2D eigenvalue weighted by Gasteiger charge is -2.32. The number of carbonyl (C=O) groups is 1. The Hall–Kier alpha value is -2.70. The van der Waals surface area contributed by atoms with Gasteiger partial charge >= 0.3 is 0 Å². The fraction of sp³-hybridized carbons (Fsp3) is 0.375. The average molecular weight is 310 g/mol. The van der Waals surface area contributed by atoms with Crippen LogP contribution < -0.4 is 0 Å². The summed E-state index contributed by atoms with van der Waals surface area (Å²) in [5, 5.41) is 8.70. The van der Waals surface area contributed by atoms with Gasteiger partial charge in [0.1, 0.15) is 5.56 Å². The maximum atomic E-state index is 13.0. The third-order valence-electron chi connectivity index (χ3n) is 4.37. The molecule has 1 aliphatic heterocycles. The Bertz CT molecular complexity index is 838. The van der Waals surface area contributed by atoms with Gasteiger partial charge in [0.2, 0.25) is 0 Å². The molecule has 4 rings (SSSR count). The summed E-state index contributed by atoms with van der Waals surface area (Å²) in [7, 11) is 0. The third-order valence-corrected chi connectivity index (χ3v) is 4.37. The van der Waals surface area contributed by atoms with Crippen molar-refractivity contribution in [3.05, 3.63) is 48.2 Å². The highest BCUT2D eigenvalue weighted by molar-refractivity contribution is 6.01. The number of rotatable bonds is 2. The molecule has 1 aliphatic rings. The summed E-state index contributed by atoms with van der Waals surface area (Å²) in [6, 6.07) is 3.96. The number of carbonyl (C=O) groups excluding carboxylic acids is 1. The van der Waals surface area contributed by atoms with Crippen molar-refractivity contribution in [3.8, 4) is 0 Å². The molecule has 0 saturated carbocycles. The topological polar surface area (TPSA) is 68.3 Å². The number of piperidine rings is 1. The molecule has 0 unspecified atom stereocenters. The summed E-state index contributed by atoms with van der Waals surface area (Å²) in [5.41, 5.74) is 1.94. The van der Waals surface area contributed by atoms with E-state index in [1.165, 1.54) is 0 Å². The molecule has 0 radical (unpaired) electrons. The molecule has 0 aromatic carbocycles. The summed E-state index contributed by atoms with van der Waals surface area (Å²) >= 11 is 0. The summed E-state index contributed by atoms with van der Waals surface area (Å²) in [6.07, 6.45) is 9.26. The van der Waals surface area contributed by atoms with Crippen molar-refractivity contribution >= 4 is 11.6 Å². The van der Waals surface area contributed by atoms with Crippen LogP contribution in [0.15, 0.2) is 36.9 Å². The quantitative estimate of drug-likeness (QED) is 0.722. The van der Waals surface area contributed by atoms with Crippen molar-refractivity contribution in [2.24, 2.45) is 0 Å². The number of fused-ring (bicyclic) bond motifs is 1. The van der Waals surface area contributed by atoms with E-state index in [1.54, 1.807) is 16.9 Å². The van der Waals surface area contributed by atoms with E-state index < -0.39 is 0 Å². The van der Waals surface area contributed by atoms with E-state index in [2.05, 4.69) is 15.2 Å². The second-order valence-corrected chi connectivity index (χ2v) is 5.88. The highest BCUT2D eigenvalue weighted by Crippen LogP contribution is 2.24. The predicted octanol–water partition coefficient (Wildman–Crippen LogP) is 1.71. The molecule has 3 aromatic heterocycles. The molecule has 0 N–H and O–H groups in total. The van der Waals surface area contributed by atoms with Crippen LogP contribution in [0.3, 0.4) is 0 Å². The molecule has 3 aromatic rings. The zero-order valence-electron chi connectivity index (χ0n) is 13.0. The van der Waals surface area contributed by atoms with Crippen molar-refractivity contribution in [3.63, 3.8) is 0 Å². The van der Waals surface area contributed by atoms with Gasteiger partial charge in [-0.3, -0.25) is 9.48 Å². The number of hydrogen-bond acceptors (Lipinski definition) is 4. The van der Waals surface area contributed by atoms with E-state index in [0.29, 0.717) is 17.8 Å². The number of amides is 1. The summed E-state index contributed by atoms with van der Waals surface area (Å²) < 4.78 is 3.61. The second kappa shape index (κ2) is 5.49. The van der Waals surface area contributed by atoms with Gasteiger partial charge in [0.05, 0.1) is 11.7 Å². The fourth-order valence-corrected chi connectivity index (χ4v) is 3.26. The van der Waals surface area contributed by atoms with E-state index in [4.69, 9.17) is 0 Å². The van der Waals surface area contributed by atoms with Crippen molar-refractivity contribution in [1.29, 1.82) is 0 Å². The first-order valence-corrected chi connectivity index (χ1v) is 7.82. The summed E-state index contributed by atoms with van der Waals surface area (Å²) in [5.74, 6) is 0.00746. The van der Waals surface area contributed by atoms with Gasteiger partial charge in [-0.15, -0.1) is 0 Å².